The first kappa shape index (κ1) is 19.9. The van der Waals surface area contributed by atoms with Crippen LogP contribution in [0.25, 0.3) is 0 Å². The van der Waals surface area contributed by atoms with Gasteiger partial charge in [0, 0.05) is 52.0 Å². The molecule has 2 aliphatic rings. The molecule has 0 aliphatic carbocycles. The van der Waals surface area contributed by atoms with E-state index in [9.17, 15) is 0 Å². The number of guanidine groups is 1. The van der Waals surface area contributed by atoms with Crippen LogP contribution in [-0.4, -0.2) is 73.1 Å². The largest absolute Gasteiger partial charge is 0.357 e. The minimum Gasteiger partial charge on any atom is -0.357 e. The van der Waals surface area contributed by atoms with Crippen LogP contribution >= 0.6 is 0 Å². The Bertz CT molecular complexity index is 600. The zero-order chi connectivity index (χ0) is 19.1. The standard InChI is InChI=1S/C21H36N6/c1-4-22-21(27-10-7-18(3)8-11-27)24-17-19-6-9-23-20(16-19)26-14-12-25(5-2)13-15-26/h6,9,16,18H,4-5,7-8,10-15,17H2,1-3H3,(H,22,24). The molecule has 2 saturated heterocycles. The molecule has 3 rings (SSSR count). The van der Waals surface area contributed by atoms with Gasteiger partial charge in [-0.1, -0.05) is 13.8 Å². The summed E-state index contributed by atoms with van der Waals surface area (Å²) >= 11 is 0. The van der Waals surface area contributed by atoms with E-state index in [1.54, 1.807) is 0 Å². The van der Waals surface area contributed by atoms with Gasteiger partial charge in [-0.2, -0.15) is 0 Å². The summed E-state index contributed by atoms with van der Waals surface area (Å²) in [6, 6.07) is 4.31. The van der Waals surface area contributed by atoms with Gasteiger partial charge < -0.3 is 20.0 Å². The van der Waals surface area contributed by atoms with Crippen LogP contribution in [0.15, 0.2) is 23.3 Å². The van der Waals surface area contributed by atoms with Gasteiger partial charge in [-0.25, -0.2) is 9.98 Å². The van der Waals surface area contributed by atoms with Crippen LogP contribution in [0.2, 0.25) is 0 Å². The maximum absolute atomic E-state index is 4.92. The van der Waals surface area contributed by atoms with Gasteiger partial charge in [0.05, 0.1) is 6.54 Å². The molecule has 0 atom stereocenters. The summed E-state index contributed by atoms with van der Waals surface area (Å²) in [5.41, 5.74) is 1.23. The predicted molar refractivity (Wildman–Crippen MR) is 113 cm³/mol. The predicted octanol–water partition coefficient (Wildman–Crippen LogP) is 2.42. The lowest BCUT2D eigenvalue weighted by atomic mass is 10.00. The lowest BCUT2D eigenvalue weighted by molar-refractivity contribution is 0.270. The zero-order valence-corrected chi connectivity index (χ0v) is 17.3. The number of nitrogens with zero attached hydrogens (tertiary/aromatic N) is 5. The molecular weight excluding hydrogens is 336 g/mol. The quantitative estimate of drug-likeness (QED) is 0.635. The Kier molecular flexibility index (Phi) is 7.33. The van der Waals surface area contributed by atoms with Gasteiger partial charge in [0.1, 0.15) is 5.82 Å². The Hall–Kier alpha value is -1.82. The van der Waals surface area contributed by atoms with E-state index in [2.05, 4.69) is 57.9 Å². The molecule has 0 aromatic carbocycles. The van der Waals surface area contributed by atoms with Crippen LogP contribution in [0.1, 0.15) is 39.2 Å². The van der Waals surface area contributed by atoms with Crippen LogP contribution < -0.4 is 10.2 Å². The lowest BCUT2D eigenvalue weighted by Crippen LogP contribution is -2.46. The highest BCUT2D eigenvalue weighted by Crippen LogP contribution is 2.18. The fourth-order valence-electron chi connectivity index (χ4n) is 3.84. The van der Waals surface area contributed by atoms with E-state index >= 15 is 0 Å². The second kappa shape index (κ2) is 9.93. The Morgan fingerprint density at radius 1 is 1.15 bits per heavy atom. The summed E-state index contributed by atoms with van der Waals surface area (Å²) in [5, 5.41) is 3.47. The molecule has 2 aliphatic heterocycles. The first-order valence-electron chi connectivity index (χ1n) is 10.6. The molecule has 6 heteroatoms. The molecule has 1 N–H and O–H groups in total. The maximum atomic E-state index is 4.92. The van der Waals surface area contributed by atoms with E-state index in [-0.39, 0.29) is 0 Å². The molecule has 0 bridgehead atoms. The number of piperazine rings is 1. The monoisotopic (exact) mass is 372 g/mol. The number of hydrogen-bond donors (Lipinski definition) is 1. The highest BCUT2D eigenvalue weighted by atomic mass is 15.3. The number of nitrogens with one attached hydrogen (secondary N) is 1. The lowest BCUT2D eigenvalue weighted by Gasteiger charge is -2.34. The Balaban J connectivity index is 1.63. The number of aliphatic imine (C=N–C) groups is 1. The van der Waals surface area contributed by atoms with E-state index in [0.29, 0.717) is 6.54 Å². The summed E-state index contributed by atoms with van der Waals surface area (Å²) in [6.07, 6.45) is 4.45. The van der Waals surface area contributed by atoms with Gasteiger partial charge in [-0.15, -0.1) is 0 Å². The molecule has 1 aromatic heterocycles. The SMILES string of the molecule is CCNC(=NCc1ccnc(N2CCN(CC)CC2)c1)N1CCC(C)CC1. The summed E-state index contributed by atoms with van der Waals surface area (Å²) in [4.78, 5) is 16.8. The molecule has 0 radical (unpaired) electrons. The van der Waals surface area contributed by atoms with E-state index in [1.165, 1.54) is 18.4 Å². The van der Waals surface area contributed by atoms with Crippen molar-refractivity contribution in [3.63, 3.8) is 0 Å². The van der Waals surface area contributed by atoms with Crippen molar-refractivity contribution in [1.82, 2.24) is 20.1 Å². The van der Waals surface area contributed by atoms with Crippen LogP contribution in [0.3, 0.4) is 0 Å². The molecule has 0 spiro atoms. The first-order valence-corrected chi connectivity index (χ1v) is 10.6. The normalized spacial score (nSPS) is 20.2. The van der Waals surface area contributed by atoms with Crippen molar-refractivity contribution in [2.24, 2.45) is 10.9 Å². The maximum Gasteiger partial charge on any atom is 0.194 e. The molecular formula is C21H36N6. The van der Waals surface area contributed by atoms with Crippen molar-refractivity contribution in [2.75, 3.05) is 57.3 Å². The van der Waals surface area contributed by atoms with Gasteiger partial charge in [0.25, 0.3) is 0 Å². The highest BCUT2D eigenvalue weighted by molar-refractivity contribution is 5.80. The number of rotatable bonds is 5. The van der Waals surface area contributed by atoms with E-state index < -0.39 is 0 Å². The van der Waals surface area contributed by atoms with Crippen molar-refractivity contribution in [3.05, 3.63) is 23.9 Å². The van der Waals surface area contributed by atoms with Crippen LogP contribution in [0.5, 0.6) is 0 Å². The Morgan fingerprint density at radius 2 is 1.89 bits per heavy atom. The molecule has 6 nitrogen and oxygen atoms in total. The number of pyridine rings is 1. The smallest absolute Gasteiger partial charge is 0.194 e. The van der Waals surface area contributed by atoms with Gasteiger partial charge in [-0.05, 0) is 49.9 Å². The molecule has 0 amide bonds. The average molecular weight is 373 g/mol. The number of likely N-dealkylation sites (N-methyl/N-ethyl adjacent to an activating group) is 1. The second-order valence-corrected chi connectivity index (χ2v) is 7.78. The van der Waals surface area contributed by atoms with Gasteiger partial charge in [0.2, 0.25) is 0 Å². The second-order valence-electron chi connectivity index (χ2n) is 7.78. The molecule has 0 saturated carbocycles. The Morgan fingerprint density at radius 3 is 2.56 bits per heavy atom. The fourth-order valence-corrected chi connectivity index (χ4v) is 3.84. The molecule has 1 aromatic rings. The molecule has 0 unspecified atom stereocenters. The zero-order valence-electron chi connectivity index (χ0n) is 17.3. The molecule has 2 fully saturated rings. The van der Waals surface area contributed by atoms with Crippen LogP contribution in [-0.2, 0) is 6.54 Å². The van der Waals surface area contributed by atoms with Crippen molar-refractivity contribution >= 4 is 11.8 Å². The summed E-state index contributed by atoms with van der Waals surface area (Å²) < 4.78 is 0. The molecule has 3 heterocycles. The van der Waals surface area contributed by atoms with Gasteiger partial charge in [0.15, 0.2) is 5.96 Å². The van der Waals surface area contributed by atoms with Crippen LogP contribution in [0, 0.1) is 5.92 Å². The van der Waals surface area contributed by atoms with E-state index in [1.807, 2.05) is 6.20 Å². The third kappa shape index (κ3) is 5.58. The Labute approximate surface area is 164 Å². The minimum atomic E-state index is 0.707. The third-order valence-electron chi connectivity index (χ3n) is 5.78. The number of likely N-dealkylation sites (tertiary alicyclic amines) is 1. The van der Waals surface area contributed by atoms with Crippen molar-refractivity contribution < 1.29 is 0 Å². The van der Waals surface area contributed by atoms with Crippen LogP contribution in [0.4, 0.5) is 5.82 Å². The topological polar surface area (TPSA) is 47.0 Å². The van der Waals surface area contributed by atoms with Crippen molar-refractivity contribution in [1.29, 1.82) is 0 Å². The number of hydrogen-bond acceptors (Lipinski definition) is 4. The summed E-state index contributed by atoms with van der Waals surface area (Å²) in [5.74, 6) is 2.98. The number of anilines is 1. The van der Waals surface area contributed by atoms with Crippen molar-refractivity contribution in [3.8, 4) is 0 Å². The third-order valence-corrected chi connectivity index (χ3v) is 5.78. The highest BCUT2D eigenvalue weighted by Gasteiger charge is 2.19. The minimum absolute atomic E-state index is 0.707. The summed E-state index contributed by atoms with van der Waals surface area (Å²) in [7, 11) is 0. The summed E-state index contributed by atoms with van der Waals surface area (Å²) in [6.45, 7) is 16.1. The number of aromatic nitrogens is 1. The average Bonchev–Trinajstić information content (AvgIpc) is 2.72. The number of piperidine rings is 1. The van der Waals surface area contributed by atoms with Gasteiger partial charge >= 0.3 is 0 Å². The van der Waals surface area contributed by atoms with Gasteiger partial charge in [-0.3, -0.25) is 0 Å². The molecule has 150 valence electrons. The fraction of sp³-hybridized carbons (Fsp3) is 0.714. The molecule has 27 heavy (non-hydrogen) atoms. The van der Waals surface area contributed by atoms with E-state index in [4.69, 9.17) is 4.99 Å². The first-order chi connectivity index (χ1) is 13.2. The van der Waals surface area contributed by atoms with E-state index in [0.717, 1.165) is 70.1 Å². The van der Waals surface area contributed by atoms with Crippen molar-refractivity contribution in [2.45, 2.75) is 40.2 Å².